The average Bonchev–Trinajstić information content (AvgIpc) is 3.09. The molecular formula is C19H30ClN3O3S. The molecule has 3 unspecified atom stereocenters. The Morgan fingerprint density at radius 1 is 1.19 bits per heavy atom. The van der Waals surface area contributed by atoms with Crippen molar-refractivity contribution in [1.29, 1.82) is 0 Å². The minimum Gasteiger partial charge on any atom is -0.353 e. The van der Waals surface area contributed by atoms with Crippen molar-refractivity contribution in [2.75, 3.05) is 19.6 Å². The molecule has 0 spiro atoms. The maximum absolute atomic E-state index is 12.9. The van der Waals surface area contributed by atoms with Gasteiger partial charge in [-0.2, -0.15) is 4.31 Å². The summed E-state index contributed by atoms with van der Waals surface area (Å²) in [6, 6.07) is 7.01. The van der Waals surface area contributed by atoms with Gasteiger partial charge in [-0.1, -0.05) is 24.1 Å². The summed E-state index contributed by atoms with van der Waals surface area (Å²) in [4.78, 5) is 13.0. The van der Waals surface area contributed by atoms with Gasteiger partial charge in [-0.3, -0.25) is 4.79 Å². The molecule has 1 amide bonds. The Labute approximate surface area is 168 Å². The fourth-order valence-electron chi connectivity index (χ4n) is 4.04. The second kappa shape index (κ2) is 9.37. The van der Waals surface area contributed by atoms with Gasteiger partial charge >= 0.3 is 0 Å². The van der Waals surface area contributed by atoms with Crippen LogP contribution < -0.4 is 11.1 Å². The summed E-state index contributed by atoms with van der Waals surface area (Å²) in [7, 11) is -3.55. The van der Waals surface area contributed by atoms with Crippen LogP contribution >= 0.6 is 12.4 Å². The van der Waals surface area contributed by atoms with Crippen molar-refractivity contribution in [3.05, 3.63) is 29.8 Å². The fourth-order valence-corrected chi connectivity index (χ4v) is 5.57. The Balaban J connectivity index is 0.00000261. The zero-order valence-corrected chi connectivity index (χ0v) is 17.4. The molecule has 1 aromatic rings. The van der Waals surface area contributed by atoms with E-state index >= 15 is 0 Å². The minimum atomic E-state index is -3.55. The number of carbonyl (C=O) groups is 1. The topological polar surface area (TPSA) is 92.5 Å². The Hall–Kier alpha value is -1.15. The molecule has 1 aliphatic heterocycles. The number of hydrogen-bond donors (Lipinski definition) is 2. The number of piperidine rings is 1. The van der Waals surface area contributed by atoms with E-state index in [1.165, 1.54) is 4.31 Å². The Kier molecular flexibility index (Phi) is 7.68. The first kappa shape index (κ1) is 22.1. The number of halogens is 1. The predicted octanol–water partition coefficient (Wildman–Crippen LogP) is 2.06. The zero-order valence-electron chi connectivity index (χ0n) is 15.8. The van der Waals surface area contributed by atoms with Gasteiger partial charge in [0.15, 0.2) is 0 Å². The lowest BCUT2D eigenvalue weighted by Crippen LogP contribution is -2.48. The highest BCUT2D eigenvalue weighted by Crippen LogP contribution is 2.27. The van der Waals surface area contributed by atoms with E-state index in [0.717, 1.165) is 31.2 Å². The Bertz CT molecular complexity index is 739. The zero-order chi connectivity index (χ0) is 18.7. The summed E-state index contributed by atoms with van der Waals surface area (Å²) < 4.78 is 27.2. The summed E-state index contributed by atoms with van der Waals surface area (Å²) in [6.45, 7) is 3.23. The van der Waals surface area contributed by atoms with Gasteiger partial charge < -0.3 is 11.1 Å². The first-order valence-electron chi connectivity index (χ1n) is 9.49. The lowest BCUT2D eigenvalue weighted by Gasteiger charge is -2.32. The van der Waals surface area contributed by atoms with Crippen molar-refractivity contribution < 1.29 is 13.2 Å². The van der Waals surface area contributed by atoms with E-state index in [4.69, 9.17) is 5.73 Å². The molecule has 0 aromatic heterocycles. The Morgan fingerprint density at radius 2 is 1.89 bits per heavy atom. The van der Waals surface area contributed by atoms with Crippen molar-refractivity contribution in [2.24, 2.45) is 17.6 Å². The quantitative estimate of drug-likeness (QED) is 0.769. The van der Waals surface area contributed by atoms with Gasteiger partial charge in [0.1, 0.15) is 0 Å². The van der Waals surface area contributed by atoms with Gasteiger partial charge in [-0.25, -0.2) is 8.42 Å². The average molecular weight is 416 g/mol. The number of hydrogen-bond acceptors (Lipinski definition) is 4. The molecule has 8 heteroatoms. The van der Waals surface area contributed by atoms with Gasteiger partial charge in [0.05, 0.1) is 10.8 Å². The maximum atomic E-state index is 12.9. The molecular weight excluding hydrogens is 386 g/mol. The summed E-state index contributed by atoms with van der Waals surface area (Å²) >= 11 is 0. The molecule has 2 fully saturated rings. The normalized spacial score (nSPS) is 26.4. The molecule has 1 aliphatic carbocycles. The highest BCUT2D eigenvalue weighted by Gasteiger charge is 2.35. The van der Waals surface area contributed by atoms with Crippen molar-refractivity contribution in [3.8, 4) is 0 Å². The van der Waals surface area contributed by atoms with Crippen molar-refractivity contribution in [1.82, 2.24) is 9.62 Å². The number of nitrogens with zero attached hydrogens (tertiary/aromatic N) is 1. The maximum Gasteiger partial charge on any atom is 0.243 e. The highest BCUT2D eigenvalue weighted by atomic mass is 35.5. The van der Waals surface area contributed by atoms with Crippen LogP contribution in [0.2, 0.25) is 0 Å². The summed E-state index contributed by atoms with van der Waals surface area (Å²) in [6.07, 6.45) is 4.54. The third kappa shape index (κ3) is 5.02. The van der Waals surface area contributed by atoms with Crippen LogP contribution in [0.5, 0.6) is 0 Å². The van der Waals surface area contributed by atoms with Crippen LogP contribution in [-0.4, -0.2) is 44.3 Å². The molecule has 3 atom stereocenters. The van der Waals surface area contributed by atoms with Crippen LogP contribution in [0.4, 0.5) is 0 Å². The van der Waals surface area contributed by atoms with Crippen molar-refractivity contribution >= 4 is 28.3 Å². The summed E-state index contributed by atoms with van der Waals surface area (Å²) in [5.74, 6) is 0.0251. The van der Waals surface area contributed by atoms with E-state index in [1.807, 2.05) is 6.92 Å². The van der Waals surface area contributed by atoms with Crippen LogP contribution in [0, 0.1) is 18.8 Å². The molecule has 1 aromatic carbocycles. The summed E-state index contributed by atoms with van der Waals surface area (Å²) in [5.41, 5.74) is 6.81. The van der Waals surface area contributed by atoms with E-state index in [0.29, 0.717) is 30.3 Å². The number of rotatable bonds is 5. The number of aryl methyl sites for hydroxylation is 1. The van der Waals surface area contributed by atoms with Crippen LogP contribution in [0.15, 0.2) is 29.2 Å². The largest absolute Gasteiger partial charge is 0.353 e. The van der Waals surface area contributed by atoms with E-state index in [-0.39, 0.29) is 36.8 Å². The smallest absolute Gasteiger partial charge is 0.243 e. The highest BCUT2D eigenvalue weighted by molar-refractivity contribution is 7.89. The number of sulfonamides is 1. The molecule has 27 heavy (non-hydrogen) atoms. The predicted molar refractivity (Wildman–Crippen MR) is 108 cm³/mol. The number of nitrogens with two attached hydrogens (primary N) is 1. The van der Waals surface area contributed by atoms with Crippen molar-refractivity contribution in [2.45, 2.75) is 50.0 Å². The number of amides is 1. The van der Waals surface area contributed by atoms with E-state index < -0.39 is 10.0 Å². The first-order valence-corrected chi connectivity index (χ1v) is 10.9. The molecule has 0 bridgehead atoms. The SMILES string of the molecule is Cc1ccc(S(=O)(=O)N2CCCC(C(=O)NC3CCCC3CN)C2)cc1.Cl. The molecule has 3 N–H and O–H groups in total. The second-order valence-corrected chi connectivity index (χ2v) is 9.49. The molecule has 6 nitrogen and oxygen atoms in total. The lowest BCUT2D eigenvalue weighted by molar-refractivity contribution is -0.127. The van der Waals surface area contributed by atoms with Crippen molar-refractivity contribution in [3.63, 3.8) is 0 Å². The van der Waals surface area contributed by atoms with Crippen LogP contribution in [0.25, 0.3) is 0 Å². The molecule has 2 aliphatic rings. The van der Waals surface area contributed by atoms with Gasteiger partial charge in [0, 0.05) is 19.1 Å². The number of benzene rings is 1. The van der Waals surface area contributed by atoms with Crippen LogP contribution in [0.1, 0.15) is 37.7 Å². The van der Waals surface area contributed by atoms with Crippen LogP contribution in [-0.2, 0) is 14.8 Å². The van der Waals surface area contributed by atoms with E-state index in [9.17, 15) is 13.2 Å². The third-order valence-electron chi connectivity index (χ3n) is 5.70. The third-order valence-corrected chi connectivity index (χ3v) is 7.58. The molecule has 0 radical (unpaired) electrons. The molecule has 3 rings (SSSR count). The number of carbonyl (C=O) groups excluding carboxylic acids is 1. The first-order chi connectivity index (χ1) is 12.4. The second-order valence-electron chi connectivity index (χ2n) is 7.56. The van der Waals surface area contributed by atoms with Gasteiger partial charge in [0.25, 0.3) is 0 Å². The Morgan fingerprint density at radius 3 is 2.56 bits per heavy atom. The van der Waals surface area contributed by atoms with Gasteiger partial charge in [-0.15, -0.1) is 12.4 Å². The number of nitrogens with one attached hydrogen (secondary N) is 1. The summed E-state index contributed by atoms with van der Waals surface area (Å²) in [5, 5.41) is 3.13. The molecule has 1 heterocycles. The van der Waals surface area contributed by atoms with E-state index in [2.05, 4.69) is 5.32 Å². The molecule has 152 valence electrons. The van der Waals surface area contributed by atoms with Gasteiger partial charge in [-0.05, 0) is 57.2 Å². The van der Waals surface area contributed by atoms with Gasteiger partial charge in [0.2, 0.25) is 15.9 Å². The van der Waals surface area contributed by atoms with E-state index in [1.54, 1.807) is 24.3 Å². The molecule has 1 saturated carbocycles. The monoisotopic (exact) mass is 415 g/mol. The lowest BCUT2D eigenvalue weighted by atomic mass is 9.97. The van der Waals surface area contributed by atoms with Crippen LogP contribution in [0.3, 0.4) is 0 Å². The molecule has 1 saturated heterocycles. The fraction of sp³-hybridized carbons (Fsp3) is 0.632. The minimum absolute atomic E-state index is 0. The standard InChI is InChI=1S/C19H29N3O3S.ClH/c1-14-7-9-17(10-8-14)26(24,25)22-11-3-5-16(13-22)19(23)21-18-6-2-4-15(18)12-20;/h7-10,15-16,18H,2-6,11-13,20H2,1H3,(H,21,23);1H.